The maximum atomic E-state index is 3.68. The molecule has 0 spiro atoms. The largest absolute Gasteiger partial charge is 0.312 e. The van der Waals surface area contributed by atoms with Crippen LogP contribution in [0.15, 0.2) is 30.3 Å². The lowest BCUT2D eigenvalue weighted by molar-refractivity contribution is 0.118. The smallest absolute Gasteiger partial charge is 0.00967 e. The van der Waals surface area contributed by atoms with Crippen LogP contribution < -0.4 is 5.32 Å². The van der Waals surface area contributed by atoms with Gasteiger partial charge in [-0.05, 0) is 51.0 Å². The molecular formula is C16H25N. The van der Waals surface area contributed by atoms with Crippen LogP contribution in [0.1, 0.15) is 45.6 Å². The Morgan fingerprint density at radius 2 is 1.76 bits per heavy atom. The van der Waals surface area contributed by atoms with Gasteiger partial charge >= 0.3 is 0 Å². The molecule has 1 nitrogen and oxygen atoms in total. The molecule has 1 saturated carbocycles. The van der Waals surface area contributed by atoms with E-state index in [-0.39, 0.29) is 5.54 Å². The molecule has 0 bridgehead atoms. The van der Waals surface area contributed by atoms with Crippen molar-refractivity contribution in [2.45, 2.75) is 52.0 Å². The van der Waals surface area contributed by atoms with Gasteiger partial charge in [-0.15, -0.1) is 0 Å². The summed E-state index contributed by atoms with van der Waals surface area (Å²) in [5, 5.41) is 3.68. The summed E-state index contributed by atoms with van der Waals surface area (Å²) in [5.74, 6) is 0. The molecule has 0 aliphatic heterocycles. The highest BCUT2D eigenvalue weighted by Gasteiger charge is 2.37. The Morgan fingerprint density at radius 1 is 1.12 bits per heavy atom. The number of hydrogen-bond acceptors (Lipinski definition) is 1. The molecule has 1 aromatic rings. The van der Waals surface area contributed by atoms with Crippen LogP contribution in [0.4, 0.5) is 0 Å². The van der Waals surface area contributed by atoms with Crippen molar-refractivity contribution >= 4 is 0 Å². The SMILES string of the molecule is CC(C)(C)NCC1(Cc2ccccc2)CCC1. The first kappa shape index (κ1) is 12.6. The molecule has 0 amide bonds. The molecule has 94 valence electrons. The average molecular weight is 231 g/mol. The Balaban J connectivity index is 1.96. The summed E-state index contributed by atoms with van der Waals surface area (Å²) in [6.07, 6.45) is 5.39. The minimum absolute atomic E-state index is 0.235. The molecule has 2 rings (SSSR count). The van der Waals surface area contributed by atoms with Crippen molar-refractivity contribution in [2.75, 3.05) is 6.54 Å². The fraction of sp³-hybridized carbons (Fsp3) is 0.625. The van der Waals surface area contributed by atoms with Gasteiger partial charge in [0, 0.05) is 12.1 Å². The standard InChI is InChI=1S/C16H25N/c1-15(2,3)17-13-16(10-7-11-16)12-14-8-5-4-6-9-14/h4-6,8-9,17H,7,10-13H2,1-3H3. The second-order valence-corrected chi connectivity index (χ2v) is 6.62. The summed E-state index contributed by atoms with van der Waals surface area (Å²) in [6.45, 7) is 7.91. The Labute approximate surface area is 106 Å². The van der Waals surface area contributed by atoms with Gasteiger partial charge in [0.2, 0.25) is 0 Å². The summed E-state index contributed by atoms with van der Waals surface area (Å²) in [7, 11) is 0. The molecule has 1 aromatic carbocycles. The number of rotatable bonds is 4. The second kappa shape index (κ2) is 4.81. The third kappa shape index (κ3) is 3.57. The van der Waals surface area contributed by atoms with Gasteiger partial charge in [0.25, 0.3) is 0 Å². The molecule has 0 saturated heterocycles. The fourth-order valence-electron chi connectivity index (χ4n) is 2.57. The lowest BCUT2D eigenvalue weighted by Crippen LogP contribution is -2.47. The molecule has 1 N–H and O–H groups in total. The minimum atomic E-state index is 0.235. The molecule has 0 heterocycles. The number of hydrogen-bond donors (Lipinski definition) is 1. The first-order chi connectivity index (χ1) is 7.99. The van der Waals surface area contributed by atoms with E-state index in [4.69, 9.17) is 0 Å². The maximum Gasteiger partial charge on any atom is 0.00967 e. The van der Waals surface area contributed by atoms with E-state index < -0.39 is 0 Å². The van der Waals surface area contributed by atoms with Gasteiger partial charge in [0.05, 0.1) is 0 Å². The Bertz CT molecular complexity index is 344. The predicted octanol–water partition coefficient (Wildman–Crippen LogP) is 3.79. The van der Waals surface area contributed by atoms with Crippen molar-refractivity contribution in [3.63, 3.8) is 0 Å². The van der Waals surface area contributed by atoms with Crippen LogP contribution in [0.3, 0.4) is 0 Å². The monoisotopic (exact) mass is 231 g/mol. The molecule has 1 aliphatic carbocycles. The van der Waals surface area contributed by atoms with Gasteiger partial charge in [0.15, 0.2) is 0 Å². The van der Waals surface area contributed by atoms with Crippen LogP contribution in [0, 0.1) is 5.41 Å². The third-order valence-electron chi connectivity index (χ3n) is 3.83. The van der Waals surface area contributed by atoms with Crippen LogP contribution in [0.25, 0.3) is 0 Å². The first-order valence-electron chi connectivity index (χ1n) is 6.78. The maximum absolute atomic E-state index is 3.68. The lowest BCUT2D eigenvalue weighted by atomic mass is 9.65. The number of benzene rings is 1. The fourth-order valence-corrected chi connectivity index (χ4v) is 2.57. The van der Waals surface area contributed by atoms with E-state index in [0.717, 1.165) is 6.54 Å². The lowest BCUT2D eigenvalue weighted by Gasteiger charge is -2.44. The Hall–Kier alpha value is -0.820. The summed E-state index contributed by atoms with van der Waals surface area (Å²) >= 11 is 0. The summed E-state index contributed by atoms with van der Waals surface area (Å²) in [6, 6.07) is 10.9. The van der Waals surface area contributed by atoms with E-state index in [9.17, 15) is 0 Å². The Kier molecular flexibility index (Phi) is 3.58. The van der Waals surface area contributed by atoms with Crippen molar-refractivity contribution < 1.29 is 0 Å². The minimum Gasteiger partial charge on any atom is -0.312 e. The van der Waals surface area contributed by atoms with Crippen molar-refractivity contribution in [1.82, 2.24) is 5.32 Å². The zero-order valence-electron chi connectivity index (χ0n) is 11.4. The summed E-state index contributed by atoms with van der Waals surface area (Å²) in [4.78, 5) is 0. The van der Waals surface area contributed by atoms with E-state index in [1.165, 1.54) is 31.2 Å². The summed E-state index contributed by atoms with van der Waals surface area (Å²) < 4.78 is 0. The summed E-state index contributed by atoms with van der Waals surface area (Å²) in [5.41, 5.74) is 2.25. The molecule has 0 atom stereocenters. The second-order valence-electron chi connectivity index (χ2n) is 6.62. The normalized spacial score (nSPS) is 18.8. The molecule has 17 heavy (non-hydrogen) atoms. The van der Waals surface area contributed by atoms with Crippen molar-refractivity contribution in [3.8, 4) is 0 Å². The van der Waals surface area contributed by atoms with Crippen LogP contribution in [-0.4, -0.2) is 12.1 Å². The molecule has 1 heteroatoms. The highest BCUT2D eigenvalue weighted by atomic mass is 15.0. The van der Waals surface area contributed by atoms with Gasteiger partial charge in [-0.25, -0.2) is 0 Å². The predicted molar refractivity (Wildman–Crippen MR) is 74.2 cm³/mol. The zero-order chi connectivity index (χ0) is 12.4. The first-order valence-corrected chi connectivity index (χ1v) is 6.78. The molecule has 0 radical (unpaired) electrons. The molecule has 0 aromatic heterocycles. The quantitative estimate of drug-likeness (QED) is 0.831. The van der Waals surface area contributed by atoms with E-state index >= 15 is 0 Å². The zero-order valence-corrected chi connectivity index (χ0v) is 11.4. The van der Waals surface area contributed by atoms with E-state index in [0.29, 0.717) is 5.41 Å². The van der Waals surface area contributed by atoms with Crippen LogP contribution in [0.5, 0.6) is 0 Å². The average Bonchev–Trinajstić information content (AvgIpc) is 2.22. The third-order valence-corrected chi connectivity index (χ3v) is 3.83. The van der Waals surface area contributed by atoms with Gasteiger partial charge in [-0.2, -0.15) is 0 Å². The van der Waals surface area contributed by atoms with Gasteiger partial charge < -0.3 is 5.32 Å². The van der Waals surface area contributed by atoms with Crippen LogP contribution in [-0.2, 0) is 6.42 Å². The van der Waals surface area contributed by atoms with Crippen molar-refractivity contribution in [3.05, 3.63) is 35.9 Å². The van der Waals surface area contributed by atoms with Gasteiger partial charge in [0.1, 0.15) is 0 Å². The van der Waals surface area contributed by atoms with E-state index in [1.807, 2.05) is 0 Å². The Morgan fingerprint density at radius 3 is 2.24 bits per heavy atom. The highest BCUT2D eigenvalue weighted by Crippen LogP contribution is 2.43. The van der Waals surface area contributed by atoms with Crippen molar-refractivity contribution in [1.29, 1.82) is 0 Å². The van der Waals surface area contributed by atoms with E-state index in [2.05, 4.69) is 56.4 Å². The van der Waals surface area contributed by atoms with Gasteiger partial charge in [-0.1, -0.05) is 36.8 Å². The van der Waals surface area contributed by atoms with Crippen LogP contribution in [0.2, 0.25) is 0 Å². The van der Waals surface area contributed by atoms with Gasteiger partial charge in [-0.3, -0.25) is 0 Å². The highest BCUT2D eigenvalue weighted by molar-refractivity contribution is 5.17. The van der Waals surface area contributed by atoms with Crippen LogP contribution >= 0.6 is 0 Å². The molecular weight excluding hydrogens is 206 g/mol. The van der Waals surface area contributed by atoms with E-state index in [1.54, 1.807) is 0 Å². The number of nitrogens with one attached hydrogen (secondary N) is 1. The van der Waals surface area contributed by atoms with Crippen molar-refractivity contribution in [2.24, 2.45) is 5.41 Å². The molecule has 0 unspecified atom stereocenters. The molecule has 1 fully saturated rings. The molecule has 1 aliphatic rings. The topological polar surface area (TPSA) is 12.0 Å².